The van der Waals surface area contributed by atoms with Crippen molar-refractivity contribution in [2.45, 2.75) is 37.6 Å². The Morgan fingerprint density at radius 1 is 1.07 bits per heavy atom. The average molecular weight is 407 g/mol. The summed E-state index contributed by atoms with van der Waals surface area (Å²) in [5, 5.41) is 0.971. The van der Waals surface area contributed by atoms with Crippen LogP contribution in [0.4, 0.5) is 5.69 Å². The Balaban J connectivity index is 1.62. The van der Waals surface area contributed by atoms with Gasteiger partial charge in [0.25, 0.3) is 0 Å². The normalized spacial score (nSPS) is 16.7. The summed E-state index contributed by atoms with van der Waals surface area (Å²) in [6.45, 7) is 6.05. The molecule has 1 atom stereocenters. The van der Waals surface area contributed by atoms with Gasteiger partial charge in [-0.05, 0) is 56.2 Å². The number of carbonyl (C=O) groups excluding carboxylic acids is 2. The Morgan fingerprint density at radius 3 is 2.59 bits per heavy atom. The number of carbonyl (C=O) groups is 2. The lowest BCUT2D eigenvalue weighted by atomic mass is 10.1. The van der Waals surface area contributed by atoms with E-state index in [9.17, 15) is 9.59 Å². The molecule has 1 saturated heterocycles. The summed E-state index contributed by atoms with van der Waals surface area (Å²) in [5.74, 6) is 0.109. The number of anilines is 1. The minimum absolute atomic E-state index is 0.119. The summed E-state index contributed by atoms with van der Waals surface area (Å²) in [7, 11) is 1.55. The topological polar surface area (TPSA) is 72.4 Å². The first-order chi connectivity index (χ1) is 13.9. The van der Waals surface area contributed by atoms with Gasteiger partial charge in [0.15, 0.2) is 5.16 Å². The number of fused-ring (bicyclic) bond motifs is 1. The minimum atomic E-state index is -0.544. The van der Waals surface area contributed by atoms with Crippen LogP contribution in [0.1, 0.15) is 23.2 Å². The fraction of sp³-hybridized carbons (Fsp3) is 0.273. The number of amides is 2. The van der Waals surface area contributed by atoms with Crippen molar-refractivity contribution < 1.29 is 14.3 Å². The second kappa shape index (κ2) is 7.48. The molecular formula is C22H21N3O3S. The van der Waals surface area contributed by atoms with Gasteiger partial charge in [-0.3, -0.25) is 9.59 Å². The lowest BCUT2D eigenvalue weighted by Gasteiger charge is -2.15. The molecule has 0 saturated carbocycles. The number of methoxy groups -OCH3 is 1. The number of thioether (sulfide) groups is 1. The number of aromatic nitrogens is 2. The largest absolute Gasteiger partial charge is 0.497 e. The summed E-state index contributed by atoms with van der Waals surface area (Å²) < 4.78 is 5.20. The van der Waals surface area contributed by atoms with Gasteiger partial charge in [0.05, 0.1) is 18.3 Å². The van der Waals surface area contributed by atoms with Crippen molar-refractivity contribution >= 4 is 40.2 Å². The maximum atomic E-state index is 13.0. The number of rotatable bonds is 4. The molecule has 148 valence electrons. The summed E-state index contributed by atoms with van der Waals surface area (Å²) >= 11 is 1.24. The monoisotopic (exact) mass is 407 g/mol. The van der Waals surface area contributed by atoms with Crippen molar-refractivity contribution in [2.75, 3.05) is 12.0 Å². The molecule has 7 heteroatoms. The zero-order valence-corrected chi connectivity index (χ0v) is 17.5. The van der Waals surface area contributed by atoms with Gasteiger partial charge >= 0.3 is 0 Å². The standard InChI is InChI=1S/C22H21N3O3S/c1-12-8-17-14(3)23-22(24-18(17)9-13(12)2)29-19-11-20(26)25(21(19)27)15-6-5-7-16(10-15)28-4/h5-10,19H,11H2,1-4H3/t19-/m1/s1. The van der Waals surface area contributed by atoms with Crippen molar-refractivity contribution in [1.82, 2.24) is 9.97 Å². The Hall–Kier alpha value is -2.93. The first-order valence-electron chi connectivity index (χ1n) is 9.30. The van der Waals surface area contributed by atoms with E-state index in [1.807, 2.05) is 19.9 Å². The van der Waals surface area contributed by atoms with Gasteiger partial charge in [0, 0.05) is 23.6 Å². The van der Waals surface area contributed by atoms with Gasteiger partial charge in [-0.25, -0.2) is 14.9 Å². The maximum Gasteiger partial charge on any atom is 0.247 e. The first-order valence-corrected chi connectivity index (χ1v) is 10.2. The molecule has 0 unspecified atom stereocenters. The highest BCUT2D eigenvalue weighted by Crippen LogP contribution is 2.34. The van der Waals surface area contributed by atoms with Gasteiger partial charge < -0.3 is 4.74 Å². The molecule has 1 aromatic heterocycles. The summed E-state index contributed by atoms with van der Waals surface area (Å²) in [5.41, 5.74) is 4.58. The lowest BCUT2D eigenvalue weighted by Crippen LogP contribution is -2.31. The second-order valence-corrected chi connectivity index (χ2v) is 8.29. The minimum Gasteiger partial charge on any atom is -0.497 e. The van der Waals surface area contributed by atoms with Crippen LogP contribution in [0.3, 0.4) is 0 Å². The smallest absolute Gasteiger partial charge is 0.247 e. The molecule has 2 amide bonds. The van der Waals surface area contributed by atoms with E-state index < -0.39 is 5.25 Å². The Kier molecular flexibility index (Phi) is 5.00. The molecule has 3 aromatic rings. The molecule has 1 aliphatic heterocycles. The fourth-order valence-corrected chi connectivity index (χ4v) is 4.44. The van der Waals surface area contributed by atoms with E-state index in [2.05, 4.69) is 23.0 Å². The Bertz CT molecular complexity index is 1150. The van der Waals surface area contributed by atoms with Crippen LogP contribution < -0.4 is 9.64 Å². The molecule has 2 aromatic carbocycles. The van der Waals surface area contributed by atoms with Gasteiger partial charge in [-0.2, -0.15) is 0 Å². The van der Waals surface area contributed by atoms with Crippen LogP contribution in [0.5, 0.6) is 5.75 Å². The van der Waals surface area contributed by atoms with E-state index in [1.54, 1.807) is 31.4 Å². The van der Waals surface area contributed by atoms with Crippen LogP contribution in [-0.2, 0) is 9.59 Å². The SMILES string of the molecule is COc1cccc(N2C(=O)C[C@@H](Sc3nc(C)c4cc(C)c(C)cc4n3)C2=O)c1. The van der Waals surface area contributed by atoms with Crippen LogP contribution in [0.15, 0.2) is 41.6 Å². The number of imide groups is 1. The molecule has 6 nitrogen and oxygen atoms in total. The fourth-order valence-electron chi connectivity index (χ4n) is 3.41. The quantitative estimate of drug-likeness (QED) is 0.481. The number of ether oxygens (including phenoxy) is 1. The van der Waals surface area contributed by atoms with Crippen LogP contribution in [-0.4, -0.2) is 34.1 Å². The van der Waals surface area contributed by atoms with Gasteiger partial charge in [-0.15, -0.1) is 0 Å². The van der Waals surface area contributed by atoms with Crippen LogP contribution in [0.2, 0.25) is 0 Å². The Morgan fingerprint density at radius 2 is 1.83 bits per heavy atom. The maximum absolute atomic E-state index is 13.0. The molecule has 0 spiro atoms. The van der Waals surface area contributed by atoms with Crippen molar-refractivity contribution in [2.24, 2.45) is 0 Å². The van der Waals surface area contributed by atoms with E-state index in [0.717, 1.165) is 22.2 Å². The molecule has 4 rings (SSSR count). The van der Waals surface area contributed by atoms with Crippen molar-refractivity contribution in [3.8, 4) is 5.75 Å². The number of hydrogen-bond acceptors (Lipinski definition) is 6. The van der Waals surface area contributed by atoms with Crippen molar-refractivity contribution in [3.05, 3.63) is 53.2 Å². The molecule has 1 fully saturated rings. The molecule has 0 aliphatic carbocycles. The van der Waals surface area contributed by atoms with E-state index in [4.69, 9.17) is 4.74 Å². The van der Waals surface area contributed by atoms with Crippen LogP contribution in [0, 0.1) is 20.8 Å². The predicted molar refractivity (Wildman–Crippen MR) is 113 cm³/mol. The number of aryl methyl sites for hydroxylation is 3. The van der Waals surface area contributed by atoms with Crippen LogP contribution >= 0.6 is 11.8 Å². The highest BCUT2D eigenvalue weighted by molar-refractivity contribution is 8.00. The number of hydrogen-bond donors (Lipinski definition) is 0. The molecule has 0 N–H and O–H groups in total. The molecule has 29 heavy (non-hydrogen) atoms. The van der Waals surface area contributed by atoms with Crippen molar-refractivity contribution in [1.29, 1.82) is 0 Å². The van der Waals surface area contributed by atoms with E-state index in [1.165, 1.54) is 22.2 Å². The predicted octanol–water partition coefficient (Wildman–Crippen LogP) is 3.99. The van der Waals surface area contributed by atoms with E-state index in [-0.39, 0.29) is 18.2 Å². The highest BCUT2D eigenvalue weighted by Gasteiger charge is 2.40. The summed E-state index contributed by atoms with van der Waals surface area (Å²) in [6, 6.07) is 11.1. The number of benzene rings is 2. The van der Waals surface area contributed by atoms with Gasteiger partial charge in [-0.1, -0.05) is 17.8 Å². The molecular weight excluding hydrogens is 386 g/mol. The van der Waals surface area contributed by atoms with E-state index in [0.29, 0.717) is 16.6 Å². The molecule has 0 radical (unpaired) electrons. The highest BCUT2D eigenvalue weighted by atomic mass is 32.2. The van der Waals surface area contributed by atoms with Gasteiger partial charge in [0.1, 0.15) is 11.0 Å². The molecule has 0 bridgehead atoms. The average Bonchev–Trinajstić information content (AvgIpc) is 2.96. The molecule has 1 aliphatic rings. The molecule has 2 heterocycles. The third kappa shape index (κ3) is 3.58. The zero-order valence-electron chi connectivity index (χ0n) is 16.7. The zero-order chi connectivity index (χ0) is 20.7. The van der Waals surface area contributed by atoms with Gasteiger partial charge in [0.2, 0.25) is 11.8 Å². The third-order valence-corrected chi connectivity index (χ3v) is 6.19. The summed E-state index contributed by atoms with van der Waals surface area (Å²) in [4.78, 5) is 35.9. The third-order valence-electron chi connectivity index (χ3n) is 5.15. The lowest BCUT2D eigenvalue weighted by molar-refractivity contribution is -0.121. The van der Waals surface area contributed by atoms with Crippen LogP contribution in [0.25, 0.3) is 10.9 Å². The van der Waals surface area contributed by atoms with E-state index >= 15 is 0 Å². The van der Waals surface area contributed by atoms with Crippen molar-refractivity contribution in [3.63, 3.8) is 0 Å². The Labute approximate surface area is 173 Å². The number of nitrogens with zero attached hydrogens (tertiary/aromatic N) is 3. The summed E-state index contributed by atoms with van der Waals surface area (Å²) in [6.07, 6.45) is 0.119. The first kappa shape index (κ1) is 19.4. The second-order valence-electron chi connectivity index (χ2n) is 7.12.